The predicted octanol–water partition coefficient (Wildman–Crippen LogP) is 2.64. The highest BCUT2D eigenvalue weighted by molar-refractivity contribution is 7.91. The molecule has 3 rings (SSSR count). The zero-order valence-electron chi connectivity index (χ0n) is 12.9. The number of fused-ring (bicyclic) bond motifs is 1. The van der Waals surface area contributed by atoms with Crippen molar-refractivity contribution in [1.29, 1.82) is 0 Å². The molecule has 0 unspecified atom stereocenters. The van der Waals surface area contributed by atoms with Crippen LogP contribution in [-0.4, -0.2) is 26.5 Å². The van der Waals surface area contributed by atoms with E-state index in [4.69, 9.17) is 0 Å². The van der Waals surface area contributed by atoms with Crippen molar-refractivity contribution < 1.29 is 8.42 Å². The van der Waals surface area contributed by atoms with Gasteiger partial charge in [-0.25, -0.2) is 8.42 Å². The highest BCUT2D eigenvalue weighted by Gasteiger charge is 2.30. The van der Waals surface area contributed by atoms with E-state index < -0.39 is 9.84 Å². The van der Waals surface area contributed by atoms with Gasteiger partial charge in [-0.1, -0.05) is 30.7 Å². The van der Waals surface area contributed by atoms with Gasteiger partial charge in [0.25, 0.3) is 0 Å². The molecule has 1 fully saturated rings. The number of nitrogens with one attached hydrogen (secondary N) is 1. The molecule has 1 aromatic carbocycles. The van der Waals surface area contributed by atoms with Gasteiger partial charge in [-0.3, -0.25) is 0 Å². The average Bonchev–Trinajstić information content (AvgIpc) is 2.73. The number of hydrogen-bond acceptors (Lipinski definition) is 3. The first-order valence-electron chi connectivity index (χ1n) is 7.98. The quantitative estimate of drug-likeness (QED) is 0.934. The van der Waals surface area contributed by atoms with Crippen molar-refractivity contribution in [3.8, 4) is 0 Å². The second kappa shape index (κ2) is 5.73. The molecule has 1 aliphatic heterocycles. The fraction of sp³-hybridized carbons (Fsp3) is 0.647. The molecular formula is C17H25NO2S. The SMILES string of the molecule is Cc1ccc2c(c1)[C@@H](NCC1CCS(=O)(=O)CC1)[C@H](C)C2. The van der Waals surface area contributed by atoms with E-state index in [1.165, 1.54) is 16.7 Å². The number of hydrogen-bond donors (Lipinski definition) is 1. The maximum atomic E-state index is 11.5. The molecule has 1 aromatic rings. The minimum Gasteiger partial charge on any atom is -0.309 e. The Morgan fingerprint density at radius 2 is 1.95 bits per heavy atom. The van der Waals surface area contributed by atoms with E-state index in [2.05, 4.69) is 37.4 Å². The van der Waals surface area contributed by atoms with E-state index in [9.17, 15) is 8.42 Å². The lowest BCUT2D eigenvalue weighted by atomic mass is 9.98. The molecule has 2 atom stereocenters. The topological polar surface area (TPSA) is 46.2 Å². The zero-order chi connectivity index (χ0) is 15.0. The molecule has 1 aliphatic carbocycles. The van der Waals surface area contributed by atoms with Crippen LogP contribution in [0.1, 0.15) is 42.5 Å². The summed E-state index contributed by atoms with van der Waals surface area (Å²) in [6.45, 7) is 5.39. The molecule has 0 amide bonds. The third kappa shape index (κ3) is 3.32. The second-order valence-corrected chi connectivity index (χ2v) is 9.17. The maximum absolute atomic E-state index is 11.5. The Labute approximate surface area is 128 Å². The van der Waals surface area contributed by atoms with Gasteiger partial charge in [-0.2, -0.15) is 0 Å². The number of rotatable bonds is 3. The third-order valence-corrected chi connectivity index (χ3v) is 6.76. The van der Waals surface area contributed by atoms with Crippen LogP contribution >= 0.6 is 0 Å². The third-order valence-electron chi connectivity index (χ3n) is 5.05. The van der Waals surface area contributed by atoms with Gasteiger partial charge in [-0.05, 0) is 55.7 Å². The van der Waals surface area contributed by atoms with Crippen LogP contribution in [0.4, 0.5) is 0 Å². The van der Waals surface area contributed by atoms with Crippen molar-refractivity contribution in [3.63, 3.8) is 0 Å². The minimum atomic E-state index is -2.75. The van der Waals surface area contributed by atoms with Crippen LogP contribution < -0.4 is 5.32 Å². The molecule has 1 heterocycles. The van der Waals surface area contributed by atoms with Crippen molar-refractivity contribution in [2.24, 2.45) is 11.8 Å². The van der Waals surface area contributed by atoms with Gasteiger partial charge in [-0.15, -0.1) is 0 Å². The highest BCUT2D eigenvalue weighted by atomic mass is 32.2. The molecule has 2 aliphatic rings. The number of benzene rings is 1. The van der Waals surface area contributed by atoms with E-state index >= 15 is 0 Å². The minimum absolute atomic E-state index is 0.370. The summed E-state index contributed by atoms with van der Waals surface area (Å²) in [7, 11) is -2.75. The Morgan fingerprint density at radius 1 is 1.24 bits per heavy atom. The normalized spacial score (nSPS) is 28.5. The van der Waals surface area contributed by atoms with Crippen molar-refractivity contribution in [2.45, 2.75) is 39.2 Å². The molecule has 116 valence electrons. The molecule has 1 saturated heterocycles. The van der Waals surface area contributed by atoms with Gasteiger partial charge >= 0.3 is 0 Å². The van der Waals surface area contributed by atoms with Crippen LogP contribution in [0.3, 0.4) is 0 Å². The summed E-state index contributed by atoms with van der Waals surface area (Å²) in [5.74, 6) is 1.87. The van der Waals surface area contributed by atoms with E-state index in [1.807, 2.05) is 0 Å². The van der Waals surface area contributed by atoms with Crippen molar-refractivity contribution in [1.82, 2.24) is 5.32 Å². The number of sulfone groups is 1. The van der Waals surface area contributed by atoms with Crippen LogP contribution in [0.5, 0.6) is 0 Å². The number of aryl methyl sites for hydroxylation is 1. The van der Waals surface area contributed by atoms with Gasteiger partial charge < -0.3 is 5.32 Å². The van der Waals surface area contributed by atoms with Crippen molar-refractivity contribution in [3.05, 3.63) is 34.9 Å². The van der Waals surface area contributed by atoms with Crippen LogP contribution in [0, 0.1) is 18.8 Å². The average molecular weight is 307 g/mol. The van der Waals surface area contributed by atoms with Gasteiger partial charge in [0.15, 0.2) is 0 Å². The molecule has 0 aromatic heterocycles. The Hall–Kier alpha value is -0.870. The summed E-state index contributed by atoms with van der Waals surface area (Å²) < 4.78 is 23.0. The van der Waals surface area contributed by atoms with E-state index in [0.717, 1.165) is 25.8 Å². The van der Waals surface area contributed by atoms with Gasteiger partial charge in [0, 0.05) is 6.04 Å². The molecule has 0 spiro atoms. The van der Waals surface area contributed by atoms with Gasteiger partial charge in [0.05, 0.1) is 11.5 Å². The standard InChI is InChI=1S/C17H25NO2S/c1-12-3-4-15-10-13(2)17(16(15)9-12)18-11-14-5-7-21(19,20)8-6-14/h3-4,9,13-14,17-18H,5-8,10-11H2,1-2H3/t13-,17+/m1/s1. The summed E-state index contributed by atoms with van der Waals surface area (Å²) in [6, 6.07) is 7.19. The Morgan fingerprint density at radius 3 is 2.67 bits per heavy atom. The lowest BCUT2D eigenvalue weighted by Crippen LogP contribution is -2.33. The van der Waals surface area contributed by atoms with E-state index in [0.29, 0.717) is 29.4 Å². The van der Waals surface area contributed by atoms with Gasteiger partial charge in [0.1, 0.15) is 9.84 Å². The summed E-state index contributed by atoms with van der Waals surface area (Å²) in [5.41, 5.74) is 4.24. The summed E-state index contributed by atoms with van der Waals surface area (Å²) in [4.78, 5) is 0. The van der Waals surface area contributed by atoms with Crippen LogP contribution in [0.25, 0.3) is 0 Å². The first-order chi connectivity index (χ1) is 9.94. The molecule has 4 heteroatoms. The Kier molecular flexibility index (Phi) is 4.10. The monoisotopic (exact) mass is 307 g/mol. The molecule has 1 N–H and O–H groups in total. The van der Waals surface area contributed by atoms with Crippen LogP contribution in [0.2, 0.25) is 0 Å². The second-order valence-electron chi connectivity index (χ2n) is 6.86. The maximum Gasteiger partial charge on any atom is 0.150 e. The zero-order valence-corrected chi connectivity index (χ0v) is 13.7. The Balaban J connectivity index is 1.63. The first-order valence-corrected chi connectivity index (χ1v) is 9.80. The van der Waals surface area contributed by atoms with Crippen molar-refractivity contribution in [2.75, 3.05) is 18.1 Å². The largest absolute Gasteiger partial charge is 0.309 e. The molecule has 0 radical (unpaired) electrons. The van der Waals surface area contributed by atoms with Crippen LogP contribution in [-0.2, 0) is 16.3 Å². The summed E-state index contributed by atoms with van der Waals surface area (Å²) in [6.07, 6.45) is 2.78. The molecular weight excluding hydrogens is 282 g/mol. The van der Waals surface area contributed by atoms with E-state index in [-0.39, 0.29) is 0 Å². The van der Waals surface area contributed by atoms with Crippen LogP contribution in [0.15, 0.2) is 18.2 Å². The Bertz CT molecular complexity index is 610. The fourth-order valence-corrected chi connectivity index (χ4v) is 5.30. The summed E-state index contributed by atoms with van der Waals surface area (Å²) >= 11 is 0. The molecule has 21 heavy (non-hydrogen) atoms. The molecule has 0 bridgehead atoms. The van der Waals surface area contributed by atoms with E-state index in [1.54, 1.807) is 0 Å². The van der Waals surface area contributed by atoms with Crippen molar-refractivity contribution >= 4 is 9.84 Å². The summed E-state index contributed by atoms with van der Waals surface area (Å²) in [5, 5.41) is 3.72. The predicted molar refractivity (Wildman–Crippen MR) is 86.2 cm³/mol. The first kappa shape index (κ1) is 15.0. The smallest absolute Gasteiger partial charge is 0.150 e. The highest BCUT2D eigenvalue weighted by Crippen LogP contribution is 2.36. The lowest BCUT2D eigenvalue weighted by molar-refractivity contribution is 0.357. The van der Waals surface area contributed by atoms with Gasteiger partial charge in [0.2, 0.25) is 0 Å². The lowest BCUT2D eigenvalue weighted by Gasteiger charge is -2.26. The molecule has 0 saturated carbocycles. The molecule has 3 nitrogen and oxygen atoms in total. The fourth-order valence-electron chi connectivity index (χ4n) is 3.71.